The van der Waals surface area contributed by atoms with Crippen molar-refractivity contribution in [1.29, 1.82) is 0 Å². The van der Waals surface area contributed by atoms with Gasteiger partial charge in [-0.15, -0.1) is 0 Å². The van der Waals surface area contributed by atoms with E-state index in [4.69, 9.17) is 22.1 Å². The van der Waals surface area contributed by atoms with Crippen molar-refractivity contribution in [2.24, 2.45) is 0 Å². The van der Waals surface area contributed by atoms with Crippen molar-refractivity contribution in [2.45, 2.75) is 13.3 Å². The maximum absolute atomic E-state index is 11.4. The summed E-state index contributed by atoms with van der Waals surface area (Å²) in [4.78, 5) is 11.4. The fraction of sp³-hybridized carbons (Fsp3) is 0.364. The topological polar surface area (TPSA) is 64.3 Å². The zero-order valence-corrected chi connectivity index (χ0v) is 9.88. The molecule has 0 unspecified atom stereocenters. The Hall–Kier alpha value is -1.26. The minimum atomic E-state index is -0.222. The summed E-state index contributed by atoms with van der Waals surface area (Å²) in [5, 5.41) is 3.07. The Bertz CT molecular complexity index is 369. The third-order valence-electron chi connectivity index (χ3n) is 1.85. The lowest BCUT2D eigenvalue weighted by molar-refractivity contribution is -0.120. The second-order valence-corrected chi connectivity index (χ2v) is 3.75. The summed E-state index contributed by atoms with van der Waals surface area (Å²) in [5.74, 6) is -0.222. The molecule has 0 radical (unpaired) electrons. The molecular weight excluding hydrogens is 228 g/mol. The van der Waals surface area contributed by atoms with Gasteiger partial charge < -0.3 is 15.8 Å². The summed E-state index contributed by atoms with van der Waals surface area (Å²) in [6.07, 6.45) is 0.885. The standard InChI is InChI=1S/C11H15ClN2O2/c1-2-5-16-7-11(15)14-10-4-3-8(13)6-9(10)12/h3-4,6H,2,5,7,13H2,1H3,(H,14,15). The SMILES string of the molecule is CCCOCC(=O)Nc1ccc(N)cc1Cl. The lowest BCUT2D eigenvalue weighted by Gasteiger charge is -2.07. The lowest BCUT2D eigenvalue weighted by atomic mass is 10.3. The molecule has 0 fully saturated rings. The summed E-state index contributed by atoms with van der Waals surface area (Å²) in [7, 11) is 0. The Kier molecular flexibility index (Phi) is 5.08. The van der Waals surface area contributed by atoms with Crippen LogP contribution in [0.1, 0.15) is 13.3 Å². The first kappa shape index (κ1) is 12.8. The largest absolute Gasteiger partial charge is 0.399 e. The van der Waals surface area contributed by atoms with Gasteiger partial charge in [0.05, 0.1) is 10.7 Å². The fourth-order valence-corrected chi connectivity index (χ4v) is 1.36. The van der Waals surface area contributed by atoms with Crippen molar-refractivity contribution in [2.75, 3.05) is 24.3 Å². The molecule has 4 nitrogen and oxygen atoms in total. The van der Waals surface area contributed by atoms with E-state index in [1.807, 2.05) is 6.92 Å². The number of rotatable bonds is 5. The van der Waals surface area contributed by atoms with Crippen LogP contribution in [-0.4, -0.2) is 19.1 Å². The predicted octanol–water partition coefficient (Wildman–Crippen LogP) is 2.29. The fourth-order valence-electron chi connectivity index (χ4n) is 1.13. The van der Waals surface area contributed by atoms with Gasteiger partial charge in [0.2, 0.25) is 5.91 Å². The van der Waals surface area contributed by atoms with Crippen LogP contribution in [0.5, 0.6) is 0 Å². The number of anilines is 2. The van der Waals surface area contributed by atoms with Gasteiger partial charge in [0.25, 0.3) is 0 Å². The van der Waals surface area contributed by atoms with E-state index in [-0.39, 0.29) is 12.5 Å². The van der Waals surface area contributed by atoms with Crippen LogP contribution in [0.25, 0.3) is 0 Å². The van der Waals surface area contributed by atoms with Crippen molar-refractivity contribution < 1.29 is 9.53 Å². The lowest BCUT2D eigenvalue weighted by Crippen LogP contribution is -2.18. The number of amides is 1. The van der Waals surface area contributed by atoms with E-state index in [2.05, 4.69) is 5.32 Å². The van der Waals surface area contributed by atoms with Crippen LogP contribution >= 0.6 is 11.6 Å². The number of hydrogen-bond donors (Lipinski definition) is 2. The van der Waals surface area contributed by atoms with E-state index in [1.165, 1.54) is 0 Å². The molecular formula is C11H15ClN2O2. The van der Waals surface area contributed by atoms with Crippen molar-refractivity contribution in [1.82, 2.24) is 0 Å². The zero-order chi connectivity index (χ0) is 12.0. The third kappa shape index (κ3) is 4.08. The number of ether oxygens (including phenoxy) is 1. The van der Waals surface area contributed by atoms with Crippen molar-refractivity contribution in [3.8, 4) is 0 Å². The summed E-state index contributed by atoms with van der Waals surface area (Å²) in [6.45, 7) is 2.59. The molecule has 0 aromatic heterocycles. The van der Waals surface area contributed by atoms with E-state index >= 15 is 0 Å². The second kappa shape index (κ2) is 6.35. The van der Waals surface area contributed by atoms with E-state index in [9.17, 15) is 4.79 Å². The molecule has 0 saturated carbocycles. The highest BCUT2D eigenvalue weighted by Crippen LogP contribution is 2.23. The molecule has 0 aliphatic rings. The number of nitrogens with one attached hydrogen (secondary N) is 1. The molecule has 1 rings (SSSR count). The molecule has 0 bridgehead atoms. The molecule has 0 aliphatic heterocycles. The van der Waals surface area contributed by atoms with Crippen LogP contribution in [0, 0.1) is 0 Å². The van der Waals surface area contributed by atoms with E-state index in [0.29, 0.717) is 23.0 Å². The van der Waals surface area contributed by atoms with Crippen LogP contribution in [0.4, 0.5) is 11.4 Å². The van der Waals surface area contributed by atoms with Crippen LogP contribution < -0.4 is 11.1 Å². The molecule has 0 aliphatic carbocycles. The van der Waals surface area contributed by atoms with Gasteiger partial charge in [-0.05, 0) is 24.6 Å². The highest BCUT2D eigenvalue weighted by molar-refractivity contribution is 6.34. The Morgan fingerprint density at radius 3 is 2.94 bits per heavy atom. The number of carbonyl (C=O) groups is 1. The quantitative estimate of drug-likeness (QED) is 0.615. The Balaban J connectivity index is 2.49. The summed E-state index contributed by atoms with van der Waals surface area (Å²) in [6, 6.07) is 4.92. The Morgan fingerprint density at radius 1 is 1.56 bits per heavy atom. The third-order valence-corrected chi connectivity index (χ3v) is 2.16. The first-order valence-electron chi connectivity index (χ1n) is 5.06. The van der Waals surface area contributed by atoms with Gasteiger partial charge in [-0.3, -0.25) is 4.79 Å². The summed E-state index contributed by atoms with van der Waals surface area (Å²) in [5.41, 5.74) is 6.64. The molecule has 16 heavy (non-hydrogen) atoms. The van der Waals surface area contributed by atoms with Crippen molar-refractivity contribution >= 4 is 28.9 Å². The smallest absolute Gasteiger partial charge is 0.250 e. The molecule has 0 spiro atoms. The van der Waals surface area contributed by atoms with Gasteiger partial charge in [0, 0.05) is 12.3 Å². The Morgan fingerprint density at radius 2 is 2.31 bits per heavy atom. The van der Waals surface area contributed by atoms with Crippen molar-refractivity contribution in [3.05, 3.63) is 23.2 Å². The molecule has 1 aromatic carbocycles. The summed E-state index contributed by atoms with van der Waals surface area (Å²) >= 11 is 5.90. The van der Waals surface area contributed by atoms with Gasteiger partial charge in [-0.25, -0.2) is 0 Å². The molecule has 0 atom stereocenters. The highest BCUT2D eigenvalue weighted by Gasteiger charge is 2.05. The van der Waals surface area contributed by atoms with Crippen LogP contribution in [0.15, 0.2) is 18.2 Å². The molecule has 1 aromatic rings. The van der Waals surface area contributed by atoms with Crippen molar-refractivity contribution in [3.63, 3.8) is 0 Å². The van der Waals surface area contributed by atoms with E-state index in [0.717, 1.165) is 6.42 Å². The number of nitrogen functional groups attached to an aromatic ring is 1. The second-order valence-electron chi connectivity index (χ2n) is 3.34. The summed E-state index contributed by atoms with van der Waals surface area (Å²) < 4.78 is 5.10. The molecule has 5 heteroatoms. The van der Waals surface area contributed by atoms with Crippen LogP contribution in [0.2, 0.25) is 5.02 Å². The zero-order valence-electron chi connectivity index (χ0n) is 9.13. The van der Waals surface area contributed by atoms with Crippen LogP contribution in [-0.2, 0) is 9.53 Å². The number of hydrogen-bond acceptors (Lipinski definition) is 3. The maximum atomic E-state index is 11.4. The van der Waals surface area contributed by atoms with Gasteiger partial charge >= 0.3 is 0 Å². The molecule has 0 saturated heterocycles. The molecule has 1 amide bonds. The minimum absolute atomic E-state index is 0.0363. The van der Waals surface area contributed by atoms with Gasteiger partial charge in [0.15, 0.2) is 0 Å². The average molecular weight is 243 g/mol. The highest BCUT2D eigenvalue weighted by atomic mass is 35.5. The Labute approximate surface area is 99.7 Å². The minimum Gasteiger partial charge on any atom is -0.399 e. The molecule has 0 heterocycles. The molecule has 3 N–H and O–H groups in total. The monoisotopic (exact) mass is 242 g/mol. The maximum Gasteiger partial charge on any atom is 0.250 e. The number of nitrogens with two attached hydrogens (primary N) is 1. The van der Waals surface area contributed by atoms with Crippen LogP contribution in [0.3, 0.4) is 0 Å². The average Bonchev–Trinajstić information content (AvgIpc) is 2.23. The normalized spacial score (nSPS) is 10.1. The molecule has 88 valence electrons. The first-order chi connectivity index (χ1) is 7.63. The predicted molar refractivity (Wildman–Crippen MR) is 65.6 cm³/mol. The van der Waals surface area contributed by atoms with Gasteiger partial charge in [-0.1, -0.05) is 18.5 Å². The van der Waals surface area contributed by atoms with E-state index < -0.39 is 0 Å². The van der Waals surface area contributed by atoms with Gasteiger partial charge in [0.1, 0.15) is 6.61 Å². The number of benzene rings is 1. The number of carbonyl (C=O) groups excluding carboxylic acids is 1. The first-order valence-corrected chi connectivity index (χ1v) is 5.44. The van der Waals surface area contributed by atoms with Gasteiger partial charge in [-0.2, -0.15) is 0 Å². The number of halogens is 1. The van der Waals surface area contributed by atoms with E-state index in [1.54, 1.807) is 18.2 Å².